The van der Waals surface area contributed by atoms with Crippen LogP contribution in [0.15, 0.2) is 18.5 Å². The molecular formula is C15H20N4O2. The summed E-state index contributed by atoms with van der Waals surface area (Å²) in [6.45, 7) is 4.95. The molecule has 1 spiro atoms. The SMILES string of the molecule is CCN1CCC2(CCN(C(=O)c3ccnnc3)CC2)C1=O. The highest BCUT2D eigenvalue weighted by molar-refractivity contribution is 5.94. The van der Waals surface area contributed by atoms with E-state index in [-0.39, 0.29) is 17.2 Å². The van der Waals surface area contributed by atoms with Gasteiger partial charge in [0.05, 0.1) is 23.4 Å². The van der Waals surface area contributed by atoms with E-state index in [1.807, 2.05) is 16.7 Å². The van der Waals surface area contributed by atoms with Gasteiger partial charge in [-0.05, 0) is 32.3 Å². The summed E-state index contributed by atoms with van der Waals surface area (Å²) in [6.07, 6.45) is 5.49. The Morgan fingerprint density at radius 3 is 2.52 bits per heavy atom. The summed E-state index contributed by atoms with van der Waals surface area (Å²) < 4.78 is 0. The van der Waals surface area contributed by atoms with Gasteiger partial charge in [0.1, 0.15) is 0 Å². The Kier molecular flexibility index (Phi) is 3.61. The van der Waals surface area contributed by atoms with Crippen LogP contribution in [0.5, 0.6) is 0 Å². The van der Waals surface area contributed by atoms with Crippen LogP contribution in [-0.2, 0) is 4.79 Å². The zero-order chi connectivity index (χ0) is 14.9. The first kappa shape index (κ1) is 14.0. The summed E-state index contributed by atoms with van der Waals surface area (Å²) >= 11 is 0. The van der Waals surface area contributed by atoms with Crippen molar-refractivity contribution in [1.82, 2.24) is 20.0 Å². The monoisotopic (exact) mass is 288 g/mol. The van der Waals surface area contributed by atoms with Gasteiger partial charge in [0.25, 0.3) is 5.91 Å². The molecule has 0 unspecified atom stereocenters. The van der Waals surface area contributed by atoms with Gasteiger partial charge in [0.15, 0.2) is 0 Å². The topological polar surface area (TPSA) is 66.4 Å². The summed E-state index contributed by atoms with van der Waals surface area (Å²) in [4.78, 5) is 28.6. The van der Waals surface area contributed by atoms with Gasteiger partial charge in [-0.1, -0.05) is 0 Å². The van der Waals surface area contributed by atoms with Crippen molar-refractivity contribution in [3.63, 3.8) is 0 Å². The zero-order valence-electron chi connectivity index (χ0n) is 12.3. The molecule has 2 saturated heterocycles. The highest BCUT2D eigenvalue weighted by Crippen LogP contribution is 2.41. The lowest BCUT2D eigenvalue weighted by Gasteiger charge is -2.37. The van der Waals surface area contributed by atoms with Crippen LogP contribution in [0.25, 0.3) is 0 Å². The van der Waals surface area contributed by atoms with Crippen molar-refractivity contribution in [2.45, 2.75) is 26.2 Å². The molecule has 2 aliphatic rings. The van der Waals surface area contributed by atoms with E-state index in [9.17, 15) is 9.59 Å². The molecule has 1 aromatic heterocycles. The number of amides is 2. The van der Waals surface area contributed by atoms with Gasteiger partial charge in [-0.25, -0.2) is 0 Å². The number of hydrogen-bond acceptors (Lipinski definition) is 4. The van der Waals surface area contributed by atoms with Crippen molar-refractivity contribution < 1.29 is 9.59 Å². The molecule has 1 aromatic rings. The number of nitrogens with zero attached hydrogens (tertiary/aromatic N) is 4. The lowest BCUT2D eigenvalue weighted by atomic mass is 9.77. The van der Waals surface area contributed by atoms with E-state index in [1.54, 1.807) is 6.07 Å². The lowest BCUT2D eigenvalue weighted by Crippen LogP contribution is -2.46. The second kappa shape index (κ2) is 5.42. The Hall–Kier alpha value is -1.98. The number of rotatable bonds is 2. The van der Waals surface area contributed by atoms with Crippen molar-refractivity contribution in [1.29, 1.82) is 0 Å². The van der Waals surface area contributed by atoms with E-state index in [1.165, 1.54) is 12.4 Å². The first-order valence-electron chi connectivity index (χ1n) is 7.52. The van der Waals surface area contributed by atoms with E-state index in [0.717, 1.165) is 32.4 Å². The maximum atomic E-state index is 12.5. The Bertz CT molecular complexity index is 538. The van der Waals surface area contributed by atoms with Gasteiger partial charge in [0, 0.05) is 26.2 Å². The maximum absolute atomic E-state index is 12.5. The molecule has 0 radical (unpaired) electrons. The number of hydrogen-bond donors (Lipinski definition) is 0. The van der Waals surface area contributed by atoms with Crippen LogP contribution in [0, 0.1) is 5.41 Å². The van der Waals surface area contributed by atoms with Crippen LogP contribution >= 0.6 is 0 Å². The quantitative estimate of drug-likeness (QED) is 0.812. The number of piperidine rings is 1. The fraction of sp³-hybridized carbons (Fsp3) is 0.600. The number of aromatic nitrogens is 2. The maximum Gasteiger partial charge on any atom is 0.255 e. The van der Waals surface area contributed by atoms with Gasteiger partial charge in [-0.3, -0.25) is 9.59 Å². The standard InChI is InChI=1S/C15H20N4O2/c1-2-18-8-4-15(14(18)21)5-9-19(10-6-15)13(20)12-3-7-16-17-11-12/h3,7,11H,2,4-6,8-10H2,1H3. The first-order valence-corrected chi connectivity index (χ1v) is 7.52. The molecule has 112 valence electrons. The molecule has 0 atom stereocenters. The van der Waals surface area contributed by atoms with Crippen molar-refractivity contribution in [2.24, 2.45) is 5.41 Å². The lowest BCUT2D eigenvalue weighted by molar-refractivity contribution is -0.137. The van der Waals surface area contributed by atoms with Crippen LogP contribution in [-0.4, -0.2) is 58.0 Å². The molecule has 0 saturated carbocycles. The number of likely N-dealkylation sites (tertiary alicyclic amines) is 2. The Morgan fingerprint density at radius 2 is 1.95 bits per heavy atom. The third-order valence-electron chi connectivity index (χ3n) is 4.82. The molecular weight excluding hydrogens is 268 g/mol. The van der Waals surface area contributed by atoms with Gasteiger partial charge in [-0.2, -0.15) is 10.2 Å². The van der Waals surface area contributed by atoms with Crippen LogP contribution in [0.4, 0.5) is 0 Å². The van der Waals surface area contributed by atoms with Crippen molar-refractivity contribution >= 4 is 11.8 Å². The fourth-order valence-corrected chi connectivity index (χ4v) is 3.40. The van der Waals surface area contributed by atoms with E-state index < -0.39 is 0 Å². The predicted octanol–water partition coefficient (Wildman–Crippen LogP) is 0.951. The second-order valence-corrected chi connectivity index (χ2v) is 5.84. The average Bonchev–Trinajstić information content (AvgIpc) is 2.85. The molecule has 6 nitrogen and oxygen atoms in total. The first-order chi connectivity index (χ1) is 10.2. The van der Waals surface area contributed by atoms with Crippen LogP contribution in [0.2, 0.25) is 0 Å². The molecule has 2 amide bonds. The molecule has 3 rings (SSSR count). The van der Waals surface area contributed by atoms with Crippen molar-refractivity contribution in [3.8, 4) is 0 Å². The van der Waals surface area contributed by atoms with E-state index in [4.69, 9.17) is 0 Å². The third kappa shape index (κ3) is 2.39. The minimum absolute atomic E-state index is 0.0162. The highest BCUT2D eigenvalue weighted by atomic mass is 16.2. The van der Waals surface area contributed by atoms with Crippen LogP contribution in [0.1, 0.15) is 36.5 Å². The molecule has 2 fully saturated rings. The molecule has 2 aliphatic heterocycles. The minimum Gasteiger partial charge on any atom is -0.342 e. The Morgan fingerprint density at radius 1 is 1.24 bits per heavy atom. The molecule has 3 heterocycles. The summed E-state index contributed by atoms with van der Waals surface area (Å²) in [7, 11) is 0. The third-order valence-corrected chi connectivity index (χ3v) is 4.82. The number of carbonyl (C=O) groups excluding carboxylic acids is 2. The highest BCUT2D eigenvalue weighted by Gasteiger charge is 2.48. The smallest absolute Gasteiger partial charge is 0.255 e. The molecule has 0 aliphatic carbocycles. The van der Waals surface area contributed by atoms with Gasteiger partial charge in [-0.15, -0.1) is 0 Å². The van der Waals surface area contributed by atoms with Gasteiger partial charge < -0.3 is 9.80 Å². The second-order valence-electron chi connectivity index (χ2n) is 5.84. The summed E-state index contributed by atoms with van der Waals surface area (Å²) in [5, 5.41) is 7.43. The van der Waals surface area contributed by atoms with Gasteiger partial charge >= 0.3 is 0 Å². The van der Waals surface area contributed by atoms with E-state index in [0.29, 0.717) is 18.7 Å². The van der Waals surface area contributed by atoms with Gasteiger partial charge in [0.2, 0.25) is 5.91 Å². The number of carbonyl (C=O) groups is 2. The average molecular weight is 288 g/mol. The molecule has 6 heteroatoms. The molecule has 0 bridgehead atoms. The van der Waals surface area contributed by atoms with Crippen LogP contribution < -0.4 is 0 Å². The van der Waals surface area contributed by atoms with E-state index in [2.05, 4.69) is 10.2 Å². The predicted molar refractivity (Wildman–Crippen MR) is 76.5 cm³/mol. The van der Waals surface area contributed by atoms with Crippen LogP contribution in [0.3, 0.4) is 0 Å². The molecule has 0 aromatic carbocycles. The molecule has 21 heavy (non-hydrogen) atoms. The normalized spacial score (nSPS) is 21.1. The minimum atomic E-state index is -0.219. The zero-order valence-corrected chi connectivity index (χ0v) is 12.3. The summed E-state index contributed by atoms with van der Waals surface area (Å²) in [5.74, 6) is 0.264. The Labute approximate surface area is 124 Å². The van der Waals surface area contributed by atoms with Crippen molar-refractivity contribution in [3.05, 3.63) is 24.0 Å². The largest absolute Gasteiger partial charge is 0.342 e. The summed E-state index contributed by atoms with van der Waals surface area (Å²) in [6, 6.07) is 1.68. The Balaban J connectivity index is 1.66. The molecule has 0 N–H and O–H groups in total. The van der Waals surface area contributed by atoms with E-state index >= 15 is 0 Å². The summed E-state index contributed by atoms with van der Waals surface area (Å²) in [5.41, 5.74) is 0.345. The fourth-order valence-electron chi connectivity index (χ4n) is 3.40. The van der Waals surface area contributed by atoms with Crippen molar-refractivity contribution in [2.75, 3.05) is 26.2 Å².